The number of aliphatic hydroxyl groups is 1. The van der Waals surface area contributed by atoms with E-state index < -0.39 is 97.5 Å². The molecule has 17 nitrogen and oxygen atoms in total. The van der Waals surface area contributed by atoms with Crippen LogP contribution in [0.1, 0.15) is 310 Å². The Kier molecular flexibility index (Phi) is 65.1. The molecule has 0 spiro atoms. The summed E-state index contributed by atoms with van der Waals surface area (Å²) in [6.07, 6.45) is 67.2. The number of esters is 4. The van der Waals surface area contributed by atoms with Gasteiger partial charge in [0.25, 0.3) is 0 Å². The largest absolute Gasteiger partial charge is 0.472 e. The maximum absolute atomic E-state index is 13.0. The maximum atomic E-state index is 13.0. The second kappa shape index (κ2) is 67.8. The first kappa shape index (κ1) is 90.2. The number of aliphatic hydroxyl groups excluding tert-OH is 1. The quantitative estimate of drug-likeness (QED) is 0.0169. The lowest BCUT2D eigenvalue weighted by molar-refractivity contribution is -0.161. The highest BCUT2D eigenvalue weighted by Crippen LogP contribution is 2.45. The van der Waals surface area contributed by atoms with Crippen LogP contribution in [-0.4, -0.2) is 96.7 Å². The second-order valence-corrected chi connectivity index (χ2v) is 27.4. The summed E-state index contributed by atoms with van der Waals surface area (Å²) in [4.78, 5) is 72.7. The summed E-state index contributed by atoms with van der Waals surface area (Å²) in [5.74, 6) is -2.22. The number of hydrogen-bond donors (Lipinski definition) is 3. The van der Waals surface area contributed by atoms with Crippen molar-refractivity contribution in [2.75, 3.05) is 39.6 Å². The number of carbonyl (C=O) groups excluding carboxylic acids is 4. The summed E-state index contributed by atoms with van der Waals surface area (Å²) in [6, 6.07) is 0. The highest BCUT2D eigenvalue weighted by atomic mass is 31.2. The van der Waals surface area contributed by atoms with Crippen molar-refractivity contribution in [3.05, 3.63) is 85.1 Å². The molecule has 3 N–H and O–H groups in total. The molecule has 0 bridgehead atoms. The predicted octanol–water partition coefficient (Wildman–Crippen LogP) is 20.7. The van der Waals surface area contributed by atoms with E-state index >= 15 is 0 Å². The van der Waals surface area contributed by atoms with Gasteiger partial charge in [0.1, 0.15) is 19.3 Å². The third kappa shape index (κ3) is 66.8. The number of ether oxygens (including phenoxy) is 4. The molecular formula is C75H132O17P2. The number of unbranched alkanes of at least 4 members (excludes halogenated alkanes) is 29. The standard InChI is InChI=1S/C75H132O17P2/c1-5-9-13-17-21-25-29-32-34-37-41-44-48-52-56-60-73(78)86-66-71(92-75(80)62-58-54-50-46-42-38-35-33-30-26-22-18-14-10-6-2)68-90-94(83,84)88-64-69(76)63-87-93(81,82)89-67-70(91-74(79)61-57-53-49-45-39-28-24-20-16-12-8-4)65-85-72(77)59-55-51-47-43-40-36-31-27-23-19-15-11-7-3/h15,19-22,24-27,31-35,69-71,76H,5-14,16-18,23,28-30,36-68H2,1-4H3,(H,81,82)(H,83,84)/b19-15-,24-20-,25-21-,26-22-,31-27-,34-32-,35-33-. The number of carbonyl (C=O) groups is 4. The van der Waals surface area contributed by atoms with Crippen LogP contribution in [0.2, 0.25) is 0 Å². The third-order valence-corrected chi connectivity index (χ3v) is 17.2. The van der Waals surface area contributed by atoms with Crippen molar-refractivity contribution >= 4 is 39.5 Å². The SMILES string of the molecule is CCC/C=C\C/C=C\CCCCCCCC(=O)OCC(COP(=O)(O)OCC(O)COP(=O)(O)OCC(COC(=O)CCCCCCC/C=C\C/C=C\CCCCC)OC(=O)CCCCCCC/C=C\C/C=C\CCCCC)OC(=O)CCCCCCC/C=C\CCCC. The molecule has 0 saturated carbocycles. The van der Waals surface area contributed by atoms with Gasteiger partial charge in [-0.2, -0.15) is 0 Å². The molecule has 19 heteroatoms. The summed E-state index contributed by atoms with van der Waals surface area (Å²) in [5, 5.41) is 10.6. The Morgan fingerprint density at radius 1 is 0.298 bits per heavy atom. The first-order chi connectivity index (χ1) is 45.7. The zero-order valence-corrected chi connectivity index (χ0v) is 60.9. The lowest BCUT2D eigenvalue weighted by Crippen LogP contribution is -2.30. The molecule has 0 heterocycles. The molecule has 0 saturated heterocycles. The van der Waals surface area contributed by atoms with Gasteiger partial charge in [0.2, 0.25) is 0 Å². The fourth-order valence-corrected chi connectivity index (χ4v) is 11.2. The van der Waals surface area contributed by atoms with Crippen LogP contribution >= 0.6 is 15.6 Å². The van der Waals surface area contributed by atoms with Crippen molar-refractivity contribution in [1.82, 2.24) is 0 Å². The molecule has 94 heavy (non-hydrogen) atoms. The number of hydrogen-bond acceptors (Lipinski definition) is 15. The molecule has 0 rings (SSSR count). The summed E-state index contributed by atoms with van der Waals surface area (Å²) < 4.78 is 68.3. The molecule has 0 aliphatic carbocycles. The first-order valence-electron chi connectivity index (χ1n) is 36.8. The Hall–Kier alpha value is -3.76. The molecule has 0 aliphatic rings. The predicted molar refractivity (Wildman–Crippen MR) is 381 cm³/mol. The van der Waals surface area contributed by atoms with Crippen molar-refractivity contribution in [3.63, 3.8) is 0 Å². The van der Waals surface area contributed by atoms with Gasteiger partial charge in [0, 0.05) is 25.7 Å². The second-order valence-electron chi connectivity index (χ2n) is 24.5. The fourth-order valence-electron chi connectivity index (χ4n) is 9.59. The van der Waals surface area contributed by atoms with Crippen LogP contribution in [0.25, 0.3) is 0 Å². The molecule has 0 fully saturated rings. The zero-order valence-electron chi connectivity index (χ0n) is 59.1. The number of phosphoric ester groups is 2. The lowest BCUT2D eigenvalue weighted by Gasteiger charge is -2.21. The van der Waals surface area contributed by atoms with Gasteiger partial charge in [0.15, 0.2) is 12.2 Å². The molecule has 0 aromatic rings. The minimum absolute atomic E-state index is 0.0766. The van der Waals surface area contributed by atoms with E-state index in [1.807, 2.05) is 0 Å². The van der Waals surface area contributed by atoms with E-state index in [1.54, 1.807) is 0 Å². The normalized spacial score (nSPS) is 14.5. The van der Waals surface area contributed by atoms with Gasteiger partial charge in [-0.3, -0.25) is 37.3 Å². The van der Waals surface area contributed by atoms with Crippen LogP contribution in [0.4, 0.5) is 0 Å². The van der Waals surface area contributed by atoms with Crippen LogP contribution in [0.3, 0.4) is 0 Å². The van der Waals surface area contributed by atoms with Gasteiger partial charge >= 0.3 is 39.5 Å². The van der Waals surface area contributed by atoms with Gasteiger partial charge in [-0.1, -0.05) is 235 Å². The fraction of sp³-hybridized carbons (Fsp3) is 0.760. The number of phosphoric acid groups is 2. The summed E-state index contributed by atoms with van der Waals surface area (Å²) in [6.45, 7) is 4.67. The van der Waals surface area contributed by atoms with Gasteiger partial charge in [-0.25, -0.2) is 9.13 Å². The highest BCUT2D eigenvalue weighted by Gasteiger charge is 2.30. The number of rotatable bonds is 69. The van der Waals surface area contributed by atoms with Crippen LogP contribution in [0.5, 0.6) is 0 Å². The average Bonchev–Trinajstić information content (AvgIpc) is 1.22. The average molecular weight is 1370 g/mol. The minimum atomic E-state index is -4.98. The molecule has 5 atom stereocenters. The van der Waals surface area contributed by atoms with Crippen molar-refractivity contribution in [1.29, 1.82) is 0 Å². The van der Waals surface area contributed by atoms with Crippen molar-refractivity contribution in [2.24, 2.45) is 0 Å². The van der Waals surface area contributed by atoms with E-state index in [0.29, 0.717) is 25.7 Å². The number of allylic oxidation sites excluding steroid dienone is 14. The lowest BCUT2D eigenvalue weighted by atomic mass is 10.1. The topological polar surface area (TPSA) is 237 Å². The van der Waals surface area contributed by atoms with Crippen LogP contribution in [-0.2, 0) is 65.4 Å². The highest BCUT2D eigenvalue weighted by molar-refractivity contribution is 7.47. The Morgan fingerprint density at radius 2 is 0.553 bits per heavy atom. The summed E-state index contributed by atoms with van der Waals surface area (Å²) >= 11 is 0. The van der Waals surface area contributed by atoms with E-state index in [4.69, 9.17) is 37.0 Å². The van der Waals surface area contributed by atoms with E-state index in [1.165, 1.54) is 51.4 Å². The van der Waals surface area contributed by atoms with Gasteiger partial charge in [0.05, 0.1) is 26.4 Å². The molecule has 544 valence electrons. The molecule has 0 aliphatic heterocycles. The molecule has 0 radical (unpaired) electrons. The van der Waals surface area contributed by atoms with Gasteiger partial charge in [-0.05, 0) is 135 Å². The molecule has 0 aromatic carbocycles. The van der Waals surface area contributed by atoms with Crippen LogP contribution in [0.15, 0.2) is 85.1 Å². The molecule has 0 amide bonds. The van der Waals surface area contributed by atoms with Gasteiger partial charge in [-0.15, -0.1) is 0 Å². The summed E-state index contributed by atoms with van der Waals surface area (Å²) in [7, 11) is -9.95. The van der Waals surface area contributed by atoms with Crippen molar-refractivity contribution in [2.45, 2.75) is 329 Å². The third-order valence-electron chi connectivity index (χ3n) is 15.3. The van der Waals surface area contributed by atoms with E-state index in [9.17, 15) is 43.2 Å². The monoisotopic (exact) mass is 1370 g/mol. The van der Waals surface area contributed by atoms with Crippen molar-refractivity contribution < 1.29 is 80.2 Å². The Balaban J connectivity index is 5.35. The summed E-state index contributed by atoms with van der Waals surface area (Å²) in [5.41, 5.74) is 0. The van der Waals surface area contributed by atoms with Crippen LogP contribution in [0, 0.1) is 0 Å². The first-order valence-corrected chi connectivity index (χ1v) is 39.8. The van der Waals surface area contributed by atoms with E-state index in [2.05, 4.69) is 113 Å². The molecular weight excluding hydrogens is 1230 g/mol. The van der Waals surface area contributed by atoms with Crippen LogP contribution < -0.4 is 0 Å². The Labute approximate surface area is 570 Å². The smallest absolute Gasteiger partial charge is 0.462 e. The molecule has 0 aromatic heterocycles. The zero-order chi connectivity index (χ0) is 69.0. The minimum Gasteiger partial charge on any atom is -0.462 e. The Bertz CT molecular complexity index is 2120. The Morgan fingerprint density at radius 3 is 0.872 bits per heavy atom. The van der Waals surface area contributed by atoms with E-state index in [-0.39, 0.29) is 25.7 Å². The van der Waals surface area contributed by atoms with Gasteiger partial charge < -0.3 is 33.8 Å². The maximum Gasteiger partial charge on any atom is 0.472 e. The molecule has 5 unspecified atom stereocenters. The van der Waals surface area contributed by atoms with Crippen molar-refractivity contribution in [3.8, 4) is 0 Å². The van der Waals surface area contributed by atoms with E-state index in [0.717, 1.165) is 180 Å².